The maximum absolute atomic E-state index is 11.1. The van der Waals surface area contributed by atoms with Crippen LogP contribution in [0.1, 0.15) is 5.56 Å². The maximum atomic E-state index is 11.1. The second kappa shape index (κ2) is 6.77. The quantitative estimate of drug-likeness (QED) is 0.657. The smallest absolute Gasteiger partial charge is 0.259 e. The highest BCUT2D eigenvalue weighted by Gasteiger charge is 2.14. The van der Waals surface area contributed by atoms with Crippen molar-refractivity contribution in [3.8, 4) is 11.8 Å². The number of rotatable bonds is 4. The molecular weight excluding hydrogens is 270 g/mol. The van der Waals surface area contributed by atoms with Crippen LogP contribution in [0.4, 0.5) is 5.69 Å². The van der Waals surface area contributed by atoms with Crippen LogP contribution in [-0.4, -0.2) is 39.3 Å². The molecule has 1 heterocycles. The fourth-order valence-electron chi connectivity index (χ4n) is 2.15. The third kappa shape index (κ3) is 3.52. The van der Waals surface area contributed by atoms with Crippen molar-refractivity contribution in [2.75, 3.05) is 38.3 Å². The van der Waals surface area contributed by atoms with Gasteiger partial charge in [-0.25, -0.2) is 0 Å². The zero-order valence-electron chi connectivity index (χ0n) is 11.8. The first kappa shape index (κ1) is 14.9. The molecule has 1 aliphatic heterocycles. The highest BCUT2D eigenvalue weighted by atomic mass is 16.5. The van der Waals surface area contributed by atoms with Crippen molar-refractivity contribution in [1.29, 1.82) is 5.26 Å². The van der Waals surface area contributed by atoms with Gasteiger partial charge < -0.3 is 20.1 Å². The summed E-state index contributed by atoms with van der Waals surface area (Å²) in [6.07, 6.45) is 1.43. The molecule has 0 bridgehead atoms. The molecule has 0 atom stereocenters. The van der Waals surface area contributed by atoms with E-state index in [-0.39, 0.29) is 5.57 Å². The Morgan fingerprint density at radius 1 is 1.48 bits per heavy atom. The van der Waals surface area contributed by atoms with Gasteiger partial charge in [0.05, 0.1) is 20.3 Å². The molecule has 6 nitrogen and oxygen atoms in total. The number of carbonyl (C=O) groups is 1. The molecule has 2 N–H and O–H groups in total. The van der Waals surface area contributed by atoms with Gasteiger partial charge in [0.2, 0.25) is 0 Å². The minimum absolute atomic E-state index is 0.104. The summed E-state index contributed by atoms with van der Waals surface area (Å²) in [5.41, 5.74) is 6.70. The molecule has 0 aromatic heterocycles. The first-order valence-electron chi connectivity index (χ1n) is 6.58. The van der Waals surface area contributed by atoms with E-state index in [0.717, 1.165) is 18.8 Å². The van der Waals surface area contributed by atoms with E-state index in [1.807, 2.05) is 18.2 Å². The maximum Gasteiger partial charge on any atom is 0.259 e. The van der Waals surface area contributed by atoms with Crippen LogP contribution in [0.5, 0.6) is 5.75 Å². The van der Waals surface area contributed by atoms with Crippen molar-refractivity contribution < 1.29 is 14.3 Å². The van der Waals surface area contributed by atoms with Gasteiger partial charge >= 0.3 is 0 Å². The third-order valence-electron chi connectivity index (χ3n) is 3.28. The average molecular weight is 287 g/mol. The number of methoxy groups -OCH3 is 1. The Hall–Kier alpha value is -2.52. The number of primary amides is 1. The van der Waals surface area contributed by atoms with Gasteiger partial charge in [0.25, 0.3) is 5.91 Å². The van der Waals surface area contributed by atoms with Crippen molar-refractivity contribution in [2.24, 2.45) is 5.73 Å². The van der Waals surface area contributed by atoms with E-state index in [0.29, 0.717) is 24.5 Å². The topological polar surface area (TPSA) is 88.6 Å². The second-order valence-electron chi connectivity index (χ2n) is 4.56. The number of nitrogens with two attached hydrogens (primary N) is 1. The number of morpholine rings is 1. The van der Waals surface area contributed by atoms with Crippen molar-refractivity contribution in [3.63, 3.8) is 0 Å². The summed E-state index contributed by atoms with van der Waals surface area (Å²) in [5, 5.41) is 8.90. The van der Waals surface area contributed by atoms with Crippen molar-refractivity contribution in [1.82, 2.24) is 0 Å². The van der Waals surface area contributed by atoms with Crippen molar-refractivity contribution >= 4 is 17.7 Å². The lowest BCUT2D eigenvalue weighted by Crippen LogP contribution is -2.36. The van der Waals surface area contributed by atoms with E-state index in [4.69, 9.17) is 20.5 Å². The predicted molar refractivity (Wildman–Crippen MR) is 78.8 cm³/mol. The fourth-order valence-corrected chi connectivity index (χ4v) is 2.15. The van der Waals surface area contributed by atoms with Crippen LogP contribution < -0.4 is 15.4 Å². The Morgan fingerprint density at radius 2 is 2.19 bits per heavy atom. The second-order valence-corrected chi connectivity index (χ2v) is 4.56. The normalized spacial score (nSPS) is 15.4. The Labute approximate surface area is 123 Å². The first-order valence-corrected chi connectivity index (χ1v) is 6.58. The molecule has 110 valence electrons. The first-order chi connectivity index (χ1) is 10.2. The van der Waals surface area contributed by atoms with Crippen LogP contribution in [0.2, 0.25) is 0 Å². The third-order valence-corrected chi connectivity index (χ3v) is 3.28. The predicted octanol–water partition coefficient (Wildman–Crippen LogP) is 0.924. The molecule has 1 saturated heterocycles. The molecule has 0 unspecified atom stereocenters. The number of hydrogen-bond donors (Lipinski definition) is 1. The van der Waals surface area contributed by atoms with Crippen molar-refractivity contribution in [3.05, 3.63) is 29.3 Å². The van der Waals surface area contributed by atoms with Gasteiger partial charge in [-0.15, -0.1) is 0 Å². The molecule has 0 radical (unpaired) electrons. The number of anilines is 1. The summed E-state index contributed by atoms with van der Waals surface area (Å²) in [6, 6.07) is 7.40. The van der Waals surface area contributed by atoms with E-state index in [1.165, 1.54) is 6.08 Å². The summed E-state index contributed by atoms with van der Waals surface area (Å²) in [5.74, 6) is -0.162. The van der Waals surface area contributed by atoms with Crippen LogP contribution in [-0.2, 0) is 9.53 Å². The van der Waals surface area contributed by atoms with Gasteiger partial charge in [0.1, 0.15) is 17.4 Å². The molecule has 1 aromatic carbocycles. The molecule has 0 aliphatic carbocycles. The monoisotopic (exact) mass is 287 g/mol. The molecular formula is C15H17N3O3. The van der Waals surface area contributed by atoms with E-state index >= 15 is 0 Å². The molecule has 2 rings (SSSR count). The molecule has 21 heavy (non-hydrogen) atoms. The lowest BCUT2D eigenvalue weighted by molar-refractivity contribution is -0.114. The number of benzene rings is 1. The number of carbonyl (C=O) groups excluding carboxylic acids is 1. The van der Waals surface area contributed by atoms with E-state index in [1.54, 1.807) is 13.2 Å². The standard InChI is InChI=1S/C15H17N3O3/c1-20-14-9-13(18-4-6-21-7-5-18)3-2-11(14)8-12(10-16)15(17)19/h2-3,8-9H,4-7H2,1H3,(H2,17,19). The van der Waals surface area contributed by atoms with Crippen LogP contribution >= 0.6 is 0 Å². The lowest BCUT2D eigenvalue weighted by Gasteiger charge is -2.29. The number of nitriles is 1. The minimum Gasteiger partial charge on any atom is -0.496 e. The summed E-state index contributed by atoms with van der Waals surface area (Å²) in [6.45, 7) is 3.04. The fraction of sp³-hybridized carbons (Fsp3) is 0.333. The molecule has 1 aliphatic rings. The molecule has 1 fully saturated rings. The molecule has 0 saturated carbocycles. The lowest BCUT2D eigenvalue weighted by atomic mass is 10.1. The Balaban J connectivity index is 2.32. The minimum atomic E-state index is -0.753. The van der Waals surface area contributed by atoms with Gasteiger partial charge in [-0.2, -0.15) is 5.26 Å². The number of ether oxygens (including phenoxy) is 2. The van der Waals surface area contributed by atoms with Crippen LogP contribution in [0, 0.1) is 11.3 Å². The number of amides is 1. The summed E-state index contributed by atoms with van der Waals surface area (Å²) in [7, 11) is 1.55. The Kier molecular flexibility index (Phi) is 4.80. The Bertz CT molecular complexity index is 599. The van der Waals surface area contributed by atoms with Gasteiger partial charge in [-0.1, -0.05) is 0 Å². The Morgan fingerprint density at radius 3 is 2.76 bits per heavy atom. The van der Waals surface area contributed by atoms with E-state index in [9.17, 15) is 4.79 Å². The zero-order chi connectivity index (χ0) is 15.2. The average Bonchev–Trinajstić information content (AvgIpc) is 2.53. The summed E-state index contributed by atoms with van der Waals surface area (Å²) < 4.78 is 10.7. The van der Waals surface area contributed by atoms with Gasteiger partial charge in [0, 0.05) is 30.4 Å². The molecule has 1 amide bonds. The number of hydrogen-bond acceptors (Lipinski definition) is 5. The molecule has 6 heteroatoms. The summed E-state index contributed by atoms with van der Waals surface area (Å²) in [4.78, 5) is 13.3. The highest BCUT2D eigenvalue weighted by molar-refractivity contribution is 6.00. The van der Waals surface area contributed by atoms with Crippen molar-refractivity contribution in [2.45, 2.75) is 0 Å². The molecule has 1 aromatic rings. The van der Waals surface area contributed by atoms with Gasteiger partial charge in [-0.05, 0) is 18.2 Å². The van der Waals surface area contributed by atoms with E-state index < -0.39 is 5.91 Å². The SMILES string of the molecule is COc1cc(N2CCOCC2)ccc1C=C(C#N)C(N)=O. The van der Waals surface area contributed by atoms with Gasteiger partial charge in [-0.3, -0.25) is 4.79 Å². The number of nitrogens with zero attached hydrogens (tertiary/aromatic N) is 2. The van der Waals surface area contributed by atoms with Gasteiger partial charge in [0.15, 0.2) is 0 Å². The van der Waals surface area contributed by atoms with Crippen LogP contribution in [0.15, 0.2) is 23.8 Å². The summed E-state index contributed by atoms with van der Waals surface area (Å²) >= 11 is 0. The zero-order valence-corrected chi connectivity index (χ0v) is 11.8. The molecule has 0 spiro atoms. The van der Waals surface area contributed by atoms with Crippen LogP contribution in [0.3, 0.4) is 0 Å². The largest absolute Gasteiger partial charge is 0.496 e. The van der Waals surface area contributed by atoms with E-state index in [2.05, 4.69) is 4.90 Å². The van der Waals surface area contributed by atoms with Crippen LogP contribution in [0.25, 0.3) is 6.08 Å². The highest BCUT2D eigenvalue weighted by Crippen LogP contribution is 2.28.